The maximum absolute atomic E-state index is 13.7. The van der Waals surface area contributed by atoms with Crippen molar-refractivity contribution in [1.29, 1.82) is 0 Å². The first-order valence-corrected chi connectivity index (χ1v) is 18.5. The third-order valence-corrected chi connectivity index (χ3v) is 9.19. The molecule has 0 bridgehead atoms. The third kappa shape index (κ3) is 17.4. The van der Waals surface area contributed by atoms with E-state index in [1.54, 1.807) is 13.8 Å². The predicted octanol–water partition coefficient (Wildman–Crippen LogP) is 5.84. The summed E-state index contributed by atoms with van der Waals surface area (Å²) in [6.07, 6.45) is 5.46. The molecular weight excluding hydrogens is 630 g/mol. The average Bonchev–Trinajstić information content (AvgIpc) is 3.00. The Bertz CT molecular complexity index is 1050. The number of carbonyl (C=O) groups excluding carboxylic acids is 6. The second-order valence-corrected chi connectivity index (χ2v) is 14.1. The van der Waals surface area contributed by atoms with Gasteiger partial charge in [-0.2, -0.15) is 0 Å². The number of nitrogens with two attached hydrogens (primary N) is 3. The Hall–Kier alpha value is -3.18. The Balaban J connectivity index is 6.41. The van der Waals surface area contributed by atoms with Gasteiger partial charge in [0.1, 0.15) is 5.60 Å². The zero-order chi connectivity index (χ0) is 37.7. The summed E-state index contributed by atoms with van der Waals surface area (Å²) in [4.78, 5) is 77.1. The van der Waals surface area contributed by atoms with E-state index in [2.05, 4.69) is 0 Å². The first-order chi connectivity index (χ1) is 23.0. The van der Waals surface area contributed by atoms with E-state index in [9.17, 15) is 28.8 Å². The summed E-state index contributed by atoms with van der Waals surface area (Å²) >= 11 is 0. The van der Waals surface area contributed by atoms with Crippen molar-refractivity contribution in [2.45, 2.75) is 164 Å². The molecule has 12 heteroatoms. The van der Waals surface area contributed by atoms with Gasteiger partial charge in [-0.05, 0) is 71.6 Å². The van der Waals surface area contributed by atoms with Crippen LogP contribution in [0.25, 0.3) is 0 Å². The van der Waals surface area contributed by atoms with Crippen molar-refractivity contribution in [3.63, 3.8) is 0 Å². The minimum Gasteiger partial charge on any atom is -0.459 e. The van der Waals surface area contributed by atoms with Crippen LogP contribution in [0, 0.1) is 35.5 Å². The van der Waals surface area contributed by atoms with Crippen LogP contribution in [-0.4, -0.2) is 47.5 Å². The molecule has 0 aliphatic rings. The largest absolute Gasteiger partial charge is 0.459 e. The first kappa shape index (κ1) is 45.8. The molecule has 0 heterocycles. The van der Waals surface area contributed by atoms with Crippen LogP contribution in [0.15, 0.2) is 0 Å². The molecule has 0 spiro atoms. The van der Waals surface area contributed by atoms with Crippen LogP contribution in [0.5, 0.6) is 0 Å². The number of hydrogen-bond acceptors (Lipinski definition) is 9. The van der Waals surface area contributed by atoms with Crippen molar-refractivity contribution < 1.29 is 43.0 Å². The molecule has 0 saturated heterocycles. The van der Waals surface area contributed by atoms with Crippen molar-refractivity contribution >= 4 is 35.6 Å². The molecule has 7 atom stereocenters. The molecule has 7 unspecified atom stereocenters. The summed E-state index contributed by atoms with van der Waals surface area (Å²) in [5.41, 5.74) is 15.6. The van der Waals surface area contributed by atoms with E-state index in [-0.39, 0.29) is 18.8 Å². The van der Waals surface area contributed by atoms with E-state index < -0.39 is 77.1 Å². The highest BCUT2D eigenvalue weighted by Crippen LogP contribution is 2.30. The molecule has 6 N–H and O–H groups in total. The van der Waals surface area contributed by atoms with Crippen molar-refractivity contribution in [2.75, 3.05) is 0 Å². The van der Waals surface area contributed by atoms with Crippen molar-refractivity contribution in [3.8, 4) is 0 Å². The van der Waals surface area contributed by atoms with Crippen molar-refractivity contribution in [3.05, 3.63) is 0 Å². The fourth-order valence-electron chi connectivity index (χ4n) is 6.42. The minimum atomic E-state index is -1.45. The van der Waals surface area contributed by atoms with Crippen molar-refractivity contribution in [1.82, 2.24) is 0 Å². The van der Waals surface area contributed by atoms with Gasteiger partial charge in [-0.3, -0.25) is 28.8 Å². The van der Waals surface area contributed by atoms with Gasteiger partial charge in [-0.1, -0.05) is 73.6 Å². The normalized spacial score (nSPS) is 15.9. The second-order valence-electron chi connectivity index (χ2n) is 14.1. The molecule has 3 amide bonds. The lowest BCUT2D eigenvalue weighted by Crippen LogP contribution is -2.42. The first-order valence-electron chi connectivity index (χ1n) is 18.5. The van der Waals surface area contributed by atoms with E-state index in [1.807, 2.05) is 41.5 Å². The maximum atomic E-state index is 13.7. The monoisotopic (exact) mass is 697 g/mol. The predicted molar refractivity (Wildman–Crippen MR) is 188 cm³/mol. The van der Waals surface area contributed by atoms with E-state index >= 15 is 0 Å². The molecule has 0 aromatic carbocycles. The van der Waals surface area contributed by atoms with E-state index in [0.717, 1.165) is 6.42 Å². The molecule has 49 heavy (non-hydrogen) atoms. The highest BCUT2D eigenvalue weighted by Gasteiger charge is 2.39. The number of carbonyl (C=O) groups is 6. The Morgan fingerprint density at radius 2 is 0.959 bits per heavy atom. The zero-order valence-electron chi connectivity index (χ0n) is 31.6. The number of amides is 3. The number of hydrogen-bond donors (Lipinski definition) is 3. The molecule has 0 fully saturated rings. The fraction of sp³-hybridized carbons (Fsp3) is 0.838. The SMILES string of the molecule is CCCC(CC(CCC)C(=O)OC(C)(C)CC(OC(=O)C(CCC)CCC(CC)C(N)=O)OC(=O)C(CCC)C(CCC)C(N)=O)C(N)=O. The standard InChI is InChI=1S/C37H67N3O9/c1-9-15-25(21-20-24(14-6)31(38)41)34(44)47-30(48-36(46)29(19-13-5)28(18-12-4)33(40)43)23-37(7,8)49-35(45)27(17-11-3)22-26(16-10-2)32(39)42/h24-30H,9-23H2,1-8H3,(H2,38,41)(H2,39,42)(H2,40,43). The second kappa shape index (κ2) is 24.1. The topological polar surface area (TPSA) is 208 Å². The van der Waals surface area contributed by atoms with E-state index in [4.69, 9.17) is 31.4 Å². The van der Waals surface area contributed by atoms with Crippen LogP contribution >= 0.6 is 0 Å². The minimum absolute atomic E-state index is 0.186. The molecule has 0 radical (unpaired) electrons. The summed E-state index contributed by atoms with van der Waals surface area (Å²) in [5, 5.41) is 0. The molecule has 12 nitrogen and oxygen atoms in total. The Morgan fingerprint density at radius 1 is 0.510 bits per heavy atom. The Kier molecular flexibility index (Phi) is 22.5. The third-order valence-electron chi connectivity index (χ3n) is 9.19. The fourth-order valence-corrected chi connectivity index (χ4v) is 6.42. The van der Waals surface area contributed by atoms with Crippen LogP contribution in [-0.2, 0) is 43.0 Å². The smallest absolute Gasteiger partial charge is 0.312 e. The van der Waals surface area contributed by atoms with Crippen LogP contribution in [0.2, 0.25) is 0 Å². The summed E-state index contributed by atoms with van der Waals surface area (Å²) in [7, 11) is 0. The molecular formula is C37H67N3O9. The van der Waals surface area contributed by atoms with Gasteiger partial charge < -0.3 is 31.4 Å². The molecule has 0 aromatic heterocycles. The maximum Gasteiger partial charge on any atom is 0.312 e. The number of primary amides is 3. The van der Waals surface area contributed by atoms with Gasteiger partial charge in [0.2, 0.25) is 17.7 Å². The van der Waals surface area contributed by atoms with Crippen LogP contribution in [0.1, 0.15) is 152 Å². The van der Waals surface area contributed by atoms with Crippen LogP contribution < -0.4 is 17.2 Å². The van der Waals surface area contributed by atoms with Gasteiger partial charge in [0.15, 0.2) is 0 Å². The molecule has 0 aromatic rings. The average molecular weight is 698 g/mol. The van der Waals surface area contributed by atoms with E-state index in [1.165, 1.54) is 0 Å². The van der Waals surface area contributed by atoms with Gasteiger partial charge in [0.25, 0.3) is 6.29 Å². The Morgan fingerprint density at radius 3 is 1.43 bits per heavy atom. The molecule has 0 aliphatic heterocycles. The molecule has 0 aliphatic carbocycles. The number of ether oxygens (including phenoxy) is 3. The van der Waals surface area contributed by atoms with Gasteiger partial charge in [-0.25, -0.2) is 0 Å². The summed E-state index contributed by atoms with van der Waals surface area (Å²) in [5.74, 6) is -7.00. The highest BCUT2D eigenvalue weighted by atomic mass is 16.7. The number of rotatable bonds is 28. The summed E-state index contributed by atoms with van der Waals surface area (Å²) in [6.45, 7) is 14.7. The highest BCUT2D eigenvalue weighted by molar-refractivity contribution is 5.84. The summed E-state index contributed by atoms with van der Waals surface area (Å²) < 4.78 is 17.7. The van der Waals surface area contributed by atoms with Gasteiger partial charge in [-0.15, -0.1) is 0 Å². The summed E-state index contributed by atoms with van der Waals surface area (Å²) in [6, 6.07) is 0. The van der Waals surface area contributed by atoms with Gasteiger partial charge in [0, 0.05) is 11.8 Å². The lowest BCUT2D eigenvalue weighted by molar-refractivity contribution is -0.206. The van der Waals surface area contributed by atoms with E-state index in [0.29, 0.717) is 77.0 Å². The zero-order valence-corrected chi connectivity index (χ0v) is 31.6. The van der Waals surface area contributed by atoms with Crippen LogP contribution in [0.4, 0.5) is 0 Å². The lowest BCUT2D eigenvalue weighted by Gasteiger charge is -2.33. The van der Waals surface area contributed by atoms with Crippen molar-refractivity contribution in [2.24, 2.45) is 52.7 Å². The Labute approximate surface area is 294 Å². The van der Waals surface area contributed by atoms with Gasteiger partial charge in [0.05, 0.1) is 30.1 Å². The van der Waals surface area contributed by atoms with Crippen LogP contribution in [0.3, 0.4) is 0 Å². The number of esters is 3. The molecule has 284 valence electrons. The molecule has 0 saturated carbocycles. The van der Waals surface area contributed by atoms with Gasteiger partial charge >= 0.3 is 17.9 Å². The lowest BCUT2D eigenvalue weighted by atomic mass is 9.85. The quantitative estimate of drug-likeness (QED) is 0.0661. The molecule has 0 rings (SSSR count).